The zero-order valence-electron chi connectivity index (χ0n) is 9.81. The van der Waals surface area contributed by atoms with E-state index in [0.29, 0.717) is 13.0 Å². The number of carbonyl (C=O) groups excluding carboxylic acids is 1. The first-order valence-electron chi connectivity index (χ1n) is 5.48. The number of methoxy groups -OCH3 is 1. The van der Waals surface area contributed by atoms with Crippen LogP contribution in [0.4, 0.5) is 0 Å². The van der Waals surface area contributed by atoms with Gasteiger partial charge in [0.05, 0.1) is 26.2 Å². The lowest BCUT2D eigenvalue weighted by molar-refractivity contribution is -0.144. The van der Waals surface area contributed by atoms with Gasteiger partial charge in [-0.1, -0.05) is 37.3 Å². The van der Waals surface area contributed by atoms with Gasteiger partial charge in [0.15, 0.2) is 0 Å². The van der Waals surface area contributed by atoms with Gasteiger partial charge in [-0.15, -0.1) is 0 Å². The van der Waals surface area contributed by atoms with Gasteiger partial charge in [-0.3, -0.25) is 4.79 Å². The molecule has 88 valence electrons. The van der Waals surface area contributed by atoms with E-state index >= 15 is 0 Å². The van der Waals surface area contributed by atoms with Crippen LogP contribution in [0.3, 0.4) is 0 Å². The summed E-state index contributed by atoms with van der Waals surface area (Å²) in [4.78, 5) is 11.1. The monoisotopic (exact) mass is 222 g/mol. The predicted octanol–water partition coefficient (Wildman–Crippen LogP) is 2.54. The molecule has 0 amide bonds. The third-order valence-corrected chi connectivity index (χ3v) is 2.41. The first kappa shape index (κ1) is 12.7. The molecule has 0 aromatic heterocycles. The summed E-state index contributed by atoms with van der Waals surface area (Å²) < 4.78 is 10.3. The van der Waals surface area contributed by atoms with Gasteiger partial charge < -0.3 is 9.47 Å². The predicted molar refractivity (Wildman–Crippen MR) is 61.9 cm³/mol. The zero-order valence-corrected chi connectivity index (χ0v) is 9.81. The van der Waals surface area contributed by atoms with Crippen LogP contribution in [-0.4, -0.2) is 19.2 Å². The van der Waals surface area contributed by atoms with Crippen molar-refractivity contribution in [3.05, 3.63) is 35.9 Å². The highest BCUT2D eigenvalue weighted by atomic mass is 16.5. The molecule has 0 radical (unpaired) electrons. The second-order valence-electron chi connectivity index (χ2n) is 3.61. The largest absolute Gasteiger partial charge is 0.469 e. The summed E-state index contributed by atoms with van der Waals surface area (Å²) in [6.45, 7) is 2.54. The van der Waals surface area contributed by atoms with Crippen molar-refractivity contribution in [3.63, 3.8) is 0 Å². The summed E-state index contributed by atoms with van der Waals surface area (Å²) in [7, 11) is 1.40. The summed E-state index contributed by atoms with van der Waals surface area (Å²) in [6, 6.07) is 9.92. The van der Waals surface area contributed by atoms with Gasteiger partial charge in [0.1, 0.15) is 0 Å². The molecule has 1 aromatic carbocycles. The van der Waals surface area contributed by atoms with E-state index in [1.807, 2.05) is 37.3 Å². The molecule has 0 saturated carbocycles. The maximum Gasteiger partial charge on any atom is 0.308 e. The van der Waals surface area contributed by atoms with E-state index < -0.39 is 0 Å². The van der Waals surface area contributed by atoms with Crippen molar-refractivity contribution >= 4 is 5.97 Å². The van der Waals surface area contributed by atoms with Gasteiger partial charge in [-0.25, -0.2) is 0 Å². The van der Waals surface area contributed by atoms with Crippen LogP contribution < -0.4 is 0 Å². The average molecular weight is 222 g/mol. The Balaban J connectivity index is 2.37. The van der Waals surface area contributed by atoms with E-state index in [0.717, 1.165) is 12.0 Å². The highest BCUT2D eigenvalue weighted by Crippen LogP contribution is 2.09. The standard InChI is InChI=1S/C13H18O3/c1-3-12(9-13(14)15-2)16-10-11-7-5-4-6-8-11/h4-8,12H,3,9-10H2,1-2H3/t12-/m0/s1. The highest BCUT2D eigenvalue weighted by Gasteiger charge is 2.12. The Morgan fingerprint density at radius 2 is 2.00 bits per heavy atom. The first-order chi connectivity index (χ1) is 7.76. The first-order valence-corrected chi connectivity index (χ1v) is 5.48. The van der Waals surface area contributed by atoms with Crippen LogP contribution in [0.1, 0.15) is 25.3 Å². The third-order valence-electron chi connectivity index (χ3n) is 2.41. The van der Waals surface area contributed by atoms with Crippen LogP contribution in [0, 0.1) is 0 Å². The Kier molecular flexibility index (Phi) is 5.57. The lowest BCUT2D eigenvalue weighted by Crippen LogP contribution is -2.17. The molecule has 0 heterocycles. The lowest BCUT2D eigenvalue weighted by atomic mass is 10.2. The topological polar surface area (TPSA) is 35.5 Å². The van der Waals surface area contributed by atoms with E-state index in [-0.39, 0.29) is 12.1 Å². The minimum Gasteiger partial charge on any atom is -0.469 e. The van der Waals surface area contributed by atoms with Crippen molar-refractivity contribution in [2.24, 2.45) is 0 Å². The summed E-state index contributed by atoms with van der Waals surface area (Å²) in [6.07, 6.45) is 1.06. The third kappa shape index (κ3) is 4.45. The Bertz CT molecular complexity index is 308. The molecule has 0 unspecified atom stereocenters. The molecule has 16 heavy (non-hydrogen) atoms. The maximum absolute atomic E-state index is 11.1. The van der Waals surface area contributed by atoms with Crippen molar-refractivity contribution < 1.29 is 14.3 Å². The van der Waals surface area contributed by atoms with Crippen LogP contribution in [0.15, 0.2) is 30.3 Å². The maximum atomic E-state index is 11.1. The summed E-state index contributed by atoms with van der Waals surface area (Å²) in [5, 5.41) is 0. The molecule has 0 aliphatic carbocycles. The number of hydrogen-bond donors (Lipinski definition) is 0. The van der Waals surface area contributed by atoms with Gasteiger partial charge in [-0.2, -0.15) is 0 Å². The minimum absolute atomic E-state index is 0.0624. The van der Waals surface area contributed by atoms with Crippen molar-refractivity contribution in [1.29, 1.82) is 0 Å². The van der Waals surface area contributed by atoms with Crippen molar-refractivity contribution in [1.82, 2.24) is 0 Å². The van der Waals surface area contributed by atoms with Gasteiger partial charge >= 0.3 is 5.97 Å². The fourth-order valence-electron chi connectivity index (χ4n) is 1.38. The molecular weight excluding hydrogens is 204 g/mol. The molecule has 0 aliphatic rings. The second kappa shape index (κ2) is 7.01. The fraction of sp³-hybridized carbons (Fsp3) is 0.462. The van der Waals surface area contributed by atoms with E-state index in [1.165, 1.54) is 7.11 Å². The number of esters is 1. The van der Waals surface area contributed by atoms with E-state index in [2.05, 4.69) is 4.74 Å². The van der Waals surface area contributed by atoms with Crippen LogP contribution >= 0.6 is 0 Å². The summed E-state index contributed by atoms with van der Waals surface area (Å²) >= 11 is 0. The quantitative estimate of drug-likeness (QED) is 0.694. The number of rotatable bonds is 6. The average Bonchev–Trinajstić information content (AvgIpc) is 2.35. The molecule has 0 fully saturated rings. The van der Waals surface area contributed by atoms with Gasteiger partial charge in [-0.05, 0) is 12.0 Å². The van der Waals surface area contributed by atoms with Crippen LogP contribution in [0.25, 0.3) is 0 Å². The van der Waals surface area contributed by atoms with Gasteiger partial charge in [0.2, 0.25) is 0 Å². The Labute approximate surface area is 96.4 Å². The van der Waals surface area contributed by atoms with E-state index in [1.54, 1.807) is 0 Å². The number of hydrogen-bond acceptors (Lipinski definition) is 3. The molecule has 3 nitrogen and oxygen atoms in total. The lowest BCUT2D eigenvalue weighted by Gasteiger charge is -2.14. The van der Waals surface area contributed by atoms with E-state index in [9.17, 15) is 4.79 Å². The number of benzene rings is 1. The van der Waals surface area contributed by atoms with Crippen molar-refractivity contribution in [2.75, 3.05) is 7.11 Å². The van der Waals surface area contributed by atoms with E-state index in [4.69, 9.17) is 4.74 Å². The molecule has 0 saturated heterocycles. The number of carbonyl (C=O) groups is 1. The summed E-state index contributed by atoms with van der Waals surface area (Å²) in [5.41, 5.74) is 1.12. The normalized spacial score (nSPS) is 12.1. The Morgan fingerprint density at radius 3 is 2.56 bits per heavy atom. The zero-order chi connectivity index (χ0) is 11.8. The van der Waals surface area contributed by atoms with Crippen molar-refractivity contribution in [2.45, 2.75) is 32.5 Å². The molecule has 1 aromatic rings. The smallest absolute Gasteiger partial charge is 0.308 e. The van der Waals surface area contributed by atoms with Crippen LogP contribution in [0.5, 0.6) is 0 Å². The molecule has 0 bridgehead atoms. The van der Waals surface area contributed by atoms with Crippen LogP contribution in [0.2, 0.25) is 0 Å². The molecule has 0 spiro atoms. The molecule has 3 heteroatoms. The number of ether oxygens (including phenoxy) is 2. The Morgan fingerprint density at radius 1 is 1.31 bits per heavy atom. The highest BCUT2D eigenvalue weighted by molar-refractivity contribution is 5.69. The Hall–Kier alpha value is -1.35. The second-order valence-corrected chi connectivity index (χ2v) is 3.61. The molecule has 1 rings (SSSR count). The summed E-state index contributed by atoms with van der Waals surface area (Å²) in [5.74, 6) is -0.222. The van der Waals surface area contributed by atoms with Crippen LogP contribution in [-0.2, 0) is 20.9 Å². The van der Waals surface area contributed by atoms with Gasteiger partial charge in [0, 0.05) is 0 Å². The SMILES string of the molecule is CC[C@@H](CC(=O)OC)OCc1ccccc1. The van der Waals surface area contributed by atoms with Crippen molar-refractivity contribution in [3.8, 4) is 0 Å². The molecular formula is C13H18O3. The molecule has 1 atom stereocenters. The molecule has 0 N–H and O–H groups in total. The molecule has 0 aliphatic heterocycles. The minimum atomic E-state index is -0.222. The fourth-order valence-corrected chi connectivity index (χ4v) is 1.38. The van der Waals surface area contributed by atoms with Gasteiger partial charge in [0.25, 0.3) is 0 Å².